The molecule has 0 bridgehead atoms. The number of hydrogen-bond acceptors (Lipinski definition) is 0. The lowest BCUT2D eigenvalue weighted by Gasteiger charge is -2.28. The van der Waals surface area contributed by atoms with Crippen LogP contribution in [0.3, 0.4) is 0 Å². The van der Waals surface area contributed by atoms with E-state index in [9.17, 15) is 13.2 Å². The van der Waals surface area contributed by atoms with Crippen LogP contribution in [-0.4, -0.2) is 0 Å². The molecule has 0 unspecified atom stereocenters. The van der Waals surface area contributed by atoms with Gasteiger partial charge in [-0.2, -0.15) is 0 Å². The first-order chi connectivity index (χ1) is 15.0. The van der Waals surface area contributed by atoms with E-state index in [1.165, 1.54) is 32.1 Å². The van der Waals surface area contributed by atoms with Gasteiger partial charge in [-0.1, -0.05) is 56.2 Å². The quantitative estimate of drug-likeness (QED) is 0.374. The molecule has 31 heavy (non-hydrogen) atoms. The molecule has 0 aromatic heterocycles. The second-order valence-corrected chi connectivity index (χ2v) is 8.64. The average molecular weight is 421 g/mol. The van der Waals surface area contributed by atoms with Crippen molar-refractivity contribution in [3.8, 4) is 11.8 Å². The van der Waals surface area contributed by atoms with Crippen LogP contribution >= 0.6 is 0 Å². The highest BCUT2D eigenvalue weighted by molar-refractivity contribution is 5.88. The number of halogens is 3. The van der Waals surface area contributed by atoms with Gasteiger partial charge < -0.3 is 0 Å². The van der Waals surface area contributed by atoms with Crippen LogP contribution < -0.4 is 0 Å². The van der Waals surface area contributed by atoms with Crippen molar-refractivity contribution >= 4 is 10.8 Å². The van der Waals surface area contributed by atoms with Gasteiger partial charge in [0.05, 0.1) is 5.56 Å². The van der Waals surface area contributed by atoms with Gasteiger partial charge in [0.15, 0.2) is 11.6 Å². The maximum Gasteiger partial charge on any atom is 0.159 e. The molecule has 3 aromatic rings. The zero-order valence-electron chi connectivity index (χ0n) is 17.9. The van der Waals surface area contributed by atoms with E-state index in [0.717, 1.165) is 36.5 Å². The van der Waals surface area contributed by atoms with Crippen LogP contribution in [0.15, 0.2) is 48.5 Å². The van der Waals surface area contributed by atoms with E-state index >= 15 is 0 Å². The van der Waals surface area contributed by atoms with Crippen molar-refractivity contribution in [2.45, 2.75) is 57.8 Å². The molecule has 0 aliphatic heterocycles. The summed E-state index contributed by atoms with van der Waals surface area (Å²) in [5.74, 6) is 4.93. The topological polar surface area (TPSA) is 0 Å². The van der Waals surface area contributed by atoms with E-state index in [4.69, 9.17) is 0 Å². The van der Waals surface area contributed by atoms with E-state index in [1.807, 2.05) is 6.07 Å². The van der Waals surface area contributed by atoms with Gasteiger partial charge >= 0.3 is 0 Å². The summed E-state index contributed by atoms with van der Waals surface area (Å²) in [7, 11) is 0. The second-order valence-electron chi connectivity index (χ2n) is 8.64. The van der Waals surface area contributed by atoms with E-state index in [1.54, 1.807) is 30.3 Å². The Balaban J connectivity index is 1.51. The fourth-order valence-electron chi connectivity index (χ4n) is 4.68. The number of benzene rings is 3. The zero-order chi connectivity index (χ0) is 21.8. The molecule has 160 valence electrons. The van der Waals surface area contributed by atoms with Gasteiger partial charge in [-0.15, -0.1) is 0 Å². The molecule has 1 aliphatic carbocycles. The van der Waals surface area contributed by atoms with E-state index in [-0.39, 0.29) is 5.82 Å². The van der Waals surface area contributed by atoms with Gasteiger partial charge in [-0.3, -0.25) is 0 Å². The van der Waals surface area contributed by atoms with Gasteiger partial charge in [0.25, 0.3) is 0 Å². The zero-order valence-corrected chi connectivity index (χ0v) is 17.9. The van der Waals surface area contributed by atoms with Crippen LogP contribution in [0.1, 0.15) is 74.5 Å². The molecule has 3 aromatic carbocycles. The Morgan fingerprint density at radius 2 is 1.55 bits per heavy atom. The lowest BCUT2D eigenvalue weighted by atomic mass is 9.77. The first-order valence-electron chi connectivity index (χ1n) is 11.2. The monoisotopic (exact) mass is 420 g/mol. The second kappa shape index (κ2) is 9.60. The van der Waals surface area contributed by atoms with Crippen LogP contribution in [0.2, 0.25) is 0 Å². The molecule has 0 amide bonds. The van der Waals surface area contributed by atoms with Crippen molar-refractivity contribution in [2.24, 2.45) is 5.92 Å². The molecule has 0 radical (unpaired) electrons. The molecule has 0 atom stereocenters. The Kier molecular flexibility index (Phi) is 6.66. The lowest BCUT2D eigenvalue weighted by molar-refractivity contribution is 0.304. The Bertz CT molecular complexity index is 1130. The predicted molar refractivity (Wildman–Crippen MR) is 120 cm³/mol. The molecule has 0 heterocycles. The van der Waals surface area contributed by atoms with Crippen LogP contribution in [-0.2, 0) is 0 Å². The van der Waals surface area contributed by atoms with Gasteiger partial charge in [-0.25, -0.2) is 13.2 Å². The van der Waals surface area contributed by atoms with Gasteiger partial charge in [0, 0.05) is 10.9 Å². The molecular weight excluding hydrogens is 393 g/mol. The first-order valence-corrected chi connectivity index (χ1v) is 11.2. The summed E-state index contributed by atoms with van der Waals surface area (Å²) in [6.45, 7) is 2.23. The van der Waals surface area contributed by atoms with Crippen molar-refractivity contribution in [1.29, 1.82) is 0 Å². The number of hydrogen-bond donors (Lipinski definition) is 0. The van der Waals surface area contributed by atoms with E-state index in [2.05, 4.69) is 18.8 Å². The summed E-state index contributed by atoms with van der Waals surface area (Å²) >= 11 is 0. The number of rotatable bonds is 4. The first kappa shape index (κ1) is 21.5. The fourth-order valence-corrected chi connectivity index (χ4v) is 4.68. The van der Waals surface area contributed by atoms with Gasteiger partial charge in [-0.05, 0) is 78.8 Å². The maximum absolute atomic E-state index is 14.8. The third-order valence-corrected chi connectivity index (χ3v) is 6.53. The van der Waals surface area contributed by atoms with Gasteiger partial charge in [0.1, 0.15) is 5.82 Å². The van der Waals surface area contributed by atoms with Crippen molar-refractivity contribution in [3.63, 3.8) is 0 Å². The minimum atomic E-state index is -0.915. The summed E-state index contributed by atoms with van der Waals surface area (Å²) in [4.78, 5) is 0. The smallest absolute Gasteiger partial charge is 0.159 e. The van der Waals surface area contributed by atoms with Crippen molar-refractivity contribution in [3.05, 3.63) is 82.7 Å². The molecule has 1 fully saturated rings. The predicted octanol–water partition coefficient (Wildman–Crippen LogP) is 8.12. The van der Waals surface area contributed by atoms with E-state index in [0.29, 0.717) is 27.8 Å². The molecule has 3 heteroatoms. The largest absolute Gasteiger partial charge is 0.206 e. The molecule has 0 spiro atoms. The summed E-state index contributed by atoms with van der Waals surface area (Å²) in [5.41, 5.74) is 1.92. The fraction of sp³-hybridized carbons (Fsp3) is 0.357. The molecular formula is C28H27F3. The minimum absolute atomic E-state index is 0.319. The third kappa shape index (κ3) is 4.96. The van der Waals surface area contributed by atoms with Crippen molar-refractivity contribution < 1.29 is 13.2 Å². The van der Waals surface area contributed by atoms with Crippen molar-refractivity contribution in [2.75, 3.05) is 0 Å². The highest BCUT2D eigenvalue weighted by Gasteiger charge is 2.22. The SMILES string of the molecule is CCCCC1CCC(c2ccc(C#Cc3cccc4cc(F)c(F)cc34)c(F)c2)CC1. The number of fused-ring (bicyclic) bond motifs is 1. The highest BCUT2D eigenvalue weighted by Crippen LogP contribution is 2.38. The molecule has 0 N–H and O–H groups in total. The average Bonchev–Trinajstić information content (AvgIpc) is 2.78. The molecule has 1 saturated carbocycles. The molecule has 0 saturated heterocycles. The Labute approximate surface area is 182 Å². The van der Waals surface area contributed by atoms with E-state index < -0.39 is 11.6 Å². The number of unbranched alkanes of at least 4 members (excludes halogenated alkanes) is 1. The molecule has 0 nitrogen and oxygen atoms in total. The standard InChI is InChI=1S/C28H27F3/c1-2-3-5-19-8-10-20(11-9-19)23-15-14-22(26(29)16-23)13-12-21-6-4-7-24-17-27(30)28(31)18-25(21)24/h4,6-7,14-20H,2-3,5,8-11H2,1H3. The summed E-state index contributed by atoms with van der Waals surface area (Å²) in [6.07, 6.45) is 8.57. The van der Waals surface area contributed by atoms with Gasteiger partial charge in [0.2, 0.25) is 0 Å². The maximum atomic E-state index is 14.8. The summed E-state index contributed by atoms with van der Waals surface area (Å²) in [6, 6.07) is 12.8. The third-order valence-electron chi connectivity index (χ3n) is 6.53. The summed E-state index contributed by atoms with van der Waals surface area (Å²) < 4.78 is 41.9. The minimum Gasteiger partial charge on any atom is -0.206 e. The molecule has 1 aliphatic rings. The van der Waals surface area contributed by atoms with Crippen LogP contribution in [0, 0.1) is 35.2 Å². The van der Waals surface area contributed by atoms with Crippen LogP contribution in [0.4, 0.5) is 13.2 Å². The summed E-state index contributed by atoms with van der Waals surface area (Å²) in [5, 5.41) is 1.09. The highest BCUT2D eigenvalue weighted by atomic mass is 19.2. The normalized spacial score (nSPS) is 18.6. The van der Waals surface area contributed by atoms with Crippen LogP contribution in [0.25, 0.3) is 10.8 Å². The Morgan fingerprint density at radius 3 is 2.29 bits per heavy atom. The molecule has 4 rings (SSSR count). The Morgan fingerprint density at radius 1 is 0.806 bits per heavy atom. The van der Waals surface area contributed by atoms with Crippen molar-refractivity contribution in [1.82, 2.24) is 0 Å². The van der Waals surface area contributed by atoms with Crippen LogP contribution in [0.5, 0.6) is 0 Å². The lowest BCUT2D eigenvalue weighted by Crippen LogP contribution is -2.13. The Hall–Kier alpha value is -2.73.